The molecule has 1 heterocycles. The molecule has 0 saturated carbocycles. The van der Waals surface area contributed by atoms with E-state index in [-0.39, 0.29) is 30.1 Å². The average molecular weight is 357 g/mol. The normalized spacial score (nSPS) is 16.5. The lowest BCUT2D eigenvalue weighted by Gasteiger charge is -2.36. The Balaban J connectivity index is 1.85. The average Bonchev–Trinajstić information content (AvgIpc) is 2.54. The summed E-state index contributed by atoms with van der Waals surface area (Å²) in [7, 11) is 1.77. The van der Waals surface area contributed by atoms with E-state index in [4.69, 9.17) is 0 Å². The van der Waals surface area contributed by atoms with Crippen LogP contribution in [0.1, 0.15) is 25.3 Å². The van der Waals surface area contributed by atoms with Crippen LogP contribution in [0, 0.1) is 0 Å². The molecule has 1 aliphatic heterocycles. The summed E-state index contributed by atoms with van der Waals surface area (Å²) in [5.74, 6) is -0.335. The Hall–Kier alpha value is -2.09. The lowest BCUT2D eigenvalue weighted by Crippen LogP contribution is -2.46. The van der Waals surface area contributed by atoms with Crippen LogP contribution in [0.2, 0.25) is 0 Å². The minimum Gasteiger partial charge on any atom is -0.343 e. The van der Waals surface area contributed by atoms with E-state index in [1.807, 2.05) is 4.90 Å². The first-order valence-corrected chi connectivity index (χ1v) is 8.09. The van der Waals surface area contributed by atoms with Gasteiger partial charge in [-0.05, 0) is 31.0 Å². The molecule has 2 rings (SSSR count). The Morgan fingerprint density at radius 2 is 1.92 bits per heavy atom. The Bertz CT molecular complexity index is 626. The highest BCUT2D eigenvalue weighted by Crippen LogP contribution is 2.30. The highest BCUT2D eigenvalue weighted by atomic mass is 19.4. The Morgan fingerprint density at radius 3 is 2.48 bits per heavy atom. The van der Waals surface area contributed by atoms with Gasteiger partial charge < -0.3 is 10.2 Å². The zero-order valence-corrected chi connectivity index (χ0v) is 14.3. The van der Waals surface area contributed by atoms with E-state index in [0.29, 0.717) is 13.1 Å². The van der Waals surface area contributed by atoms with E-state index in [9.17, 15) is 22.8 Å². The van der Waals surface area contributed by atoms with Crippen LogP contribution in [0.3, 0.4) is 0 Å². The van der Waals surface area contributed by atoms with Crippen LogP contribution in [-0.2, 0) is 15.8 Å². The molecule has 1 fully saturated rings. The van der Waals surface area contributed by atoms with Gasteiger partial charge in [0.15, 0.2) is 0 Å². The summed E-state index contributed by atoms with van der Waals surface area (Å²) < 4.78 is 38.1. The maximum Gasteiger partial charge on any atom is 0.416 e. The van der Waals surface area contributed by atoms with Gasteiger partial charge in [0.05, 0.1) is 12.1 Å². The molecule has 1 N–H and O–H groups in total. The molecule has 0 atom stereocenters. The minimum atomic E-state index is -4.44. The number of alkyl halides is 3. The van der Waals surface area contributed by atoms with Gasteiger partial charge in [-0.3, -0.25) is 14.5 Å². The predicted molar refractivity (Wildman–Crippen MR) is 88.0 cm³/mol. The van der Waals surface area contributed by atoms with Gasteiger partial charge >= 0.3 is 6.18 Å². The summed E-state index contributed by atoms with van der Waals surface area (Å²) in [6, 6.07) is 4.75. The van der Waals surface area contributed by atoms with Crippen LogP contribution in [0.15, 0.2) is 24.3 Å². The molecule has 0 bridgehead atoms. The number of anilines is 1. The summed E-state index contributed by atoms with van der Waals surface area (Å²) in [5, 5.41) is 2.51. The van der Waals surface area contributed by atoms with Crippen LogP contribution in [0.5, 0.6) is 0 Å². The first-order chi connectivity index (χ1) is 11.7. The third-order valence-corrected chi connectivity index (χ3v) is 4.44. The lowest BCUT2D eigenvalue weighted by molar-refractivity contribution is -0.137. The second-order valence-corrected chi connectivity index (χ2v) is 6.26. The molecule has 8 heteroatoms. The number of benzene rings is 1. The van der Waals surface area contributed by atoms with Crippen molar-refractivity contribution in [1.29, 1.82) is 0 Å². The molecule has 0 aromatic heterocycles. The Morgan fingerprint density at radius 1 is 1.28 bits per heavy atom. The topological polar surface area (TPSA) is 52.7 Å². The third kappa shape index (κ3) is 5.45. The number of nitrogens with one attached hydrogen (secondary N) is 1. The predicted octanol–water partition coefficient (Wildman–Crippen LogP) is 2.59. The zero-order valence-electron chi connectivity index (χ0n) is 14.3. The van der Waals surface area contributed by atoms with Crippen molar-refractivity contribution in [2.45, 2.75) is 32.0 Å². The number of nitrogens with zero attached hydrogens (tertiary/aromatic N) is 2. The molecule has 0 radical (unpaired) electrons. The van der Waals surface area contributed by atoms with Crippen molar-refractivity contribution >= 4 is 17.5 Å². The molecule has 1 aliphatic rings. The van der Waals surface area contributed by atoms with Crippen molar-refractivity contribution in [2.75, 3.05) is 32.0 Å². The summed E-state index contributed by atoms with van der Waals surface area (Å²) in [6.45, 7) is 2.97. The van der Waals surface area contributed by atoms with Gasteiger partial charge in [-0.2, -0.15) is 13.2 Å². The molecule has 1 aromatic carbocycles. The van der Waals surface area contributed by atoms with E-state index in [2.05, 4.69) is 5.32 Å². The van der Waals surface area contributed by atoms with E-state index in [0.717, 1.165) is 25.0 Å². The number of carbonyl (C=O) groups is 2. The molecular weight excluding hydrogens is 335 g/mol. The highest BCUT2D eigenvalue weighted by molar-refractivity contribution is 5.92. The number of carbonyl (C=O) groups excluding carboxylic acids is 2. The number of hydrogen-bond donors (Lipinski definition) is 1. The van der Waals surface area contributed by atoms with E-state index < -0.39 is 11.7 Å². The first kappa shape index (κ1) is 19.2. The second-order valence-electron chi connectivity index (χ2n) is 6.26. The first-order valence-electron chi connectivity index (χ1n) is 8.09. The van der Waals surface area contributed by atoms with Crippen molar-refractivity contribution in [1.82, 2.24) is 9.80 Å². The molecule has 138 valence electrons. The van der Waals surface area contributed by atoms with Gasteiger partial charge in [-0.15, -0.1) is 0 Å². The van der Waals surface area contributed by atoms with Crippen molar-refractivity contribution in [3.63, 3.8) is 0 Å². The quantitative estimate of drug-likeness (QED) is 0.901. The Kier molecular flexibility index (Phi) is 6.05. The number of hydrogen-bond acceptors (Lipinski definition) is 3. The lowest BCUT2D eigenvalue weighted by atomic mass is 10.0. The van der Waals surface area contributed by atoms with Gasteiger partial charge in [0, 0.05) is 38.8 Å². The molecule has 2 amide bonds. The van der Waals surface area contributed by atoms with Crippen LogP contribution in [-0.4, -0.2) is 54.3 Å². The van der Waals surface area contributed by atoms with Crippen molar-refractivity contribution in [3.05, 3.63) is 29.8 Å². The number of rotatable bonds is 4. The third-order valence-electron chi connectivity index (χ3n) is 4.44. The standard InChI is InChI=1S/C17H22F3N3O2/c1-12(24)22(2)15-6-8-23(9-7-15)11-16(25)21-14-5-3-4-13(10-14)17(18,19)20/h3-5,10,15H,6-9,11H2,1-2H3,(H,21,25). The highest BCUT2D eigenvalue weighted by Gasteiger charge is 2.30. The fourth-order valence-electron chi connectivity index (χ4n) is 2.90. The number of amides is 2. The maximum atomic E-state index is 12.7. The molecule has 1 saturated heterocycles. The van der Waals surface area contributed by atoms with Crippen LogP contribution in [0.25, 0.3) is 0 Å². The summed E-state index contributed by atoms with van der Waals surface area (Å²) in [4.78, 5) is 27.1. The maximum absolute atomic E-state index is 12.7. The molecule has 0 spiro atoms. The fraction of sp³-hybridized carbons (Fsp3) is 0.529. The summed E-state index contributed by atoms with van der Waals surface area (Å²) >= 11 is 0. The summed E-state index contributed by atoms with van der Waals surface area (Å²) in [5.41, 5.74) is -0.663. The van der Waals surface area contributed by atoms with E-state index >= 15 is 0 Å². The Labute approximate surface area is 144 Å². The van der Waals surface area contributed by atoms with Crippen molar-refractivity contribution in [2.24, 2.45) is 0 Å². The second kappa shape index (κ2) is 7.86. The van der Waals surface area contributed by atoms with E-state index in [1.165, 1.54) is 19.1 Å². The monoisotopic (exact) mass is 357 g/mol. The van der Waals surface area contributed by atoms with Gasteiger partial charge in [0.25, 0.3) is 0 Å². The van der Waals surface area contributed by atoms with Gasteiger partial charge in [0.1, 0.15) is 0 Å². The SMILES string of the molecule is CC(=O)N(C)C1CCN(CC(=O)Nc2cccc(C(F)(F)F)c2)CC1. The molecule has 5 nitrogen and oxygen atoms in total. The van der Waals surface area contributed by atoms with Gasteiger partial charge in [0.2, 0.25) is 11.8 Å². The van der Waals surface area contributed by atoms with Gasteiger partial charge in [-0.1, -0.05) is 6.07 Å². The van der Waals surface area contributed by atoms with Crippen LogP contribution in [0.4, 0.5) is 18.9 Å². The van der Waals surface area contributed by atoms with Crippen molar-refractivity contribution in [3.8, 4) is 0 Å². The van der Waals surface area contributed by atoms with E-state index in [1.54, 1.807) is 11.9 Å². The smallest absolute Gasteiger partial charge is 0.343 e. The molecule has 0 unspecified atom stereocenters. The molecule has 1 aromatic rings. The van der Waals surface area contributed by atoms with Gasteiger partial charge in [-0.25, -0.2) is 0 Å². The molecule has 0 aliphatic carbocycles. The number of piperidine rings is 1. The largest absolute Gasteiger partial charge is 0.416 e. The van der Waals surface area contributed by atoms with Crippen molar-refractivity contribution < 1.29 is 22.8 Å². The van der Waals surface area contributed by atoms with Crippen LogP contribution >= 0.6 is 0 Å². The van der Waals surface area contributed by atoms with Crippen LogP contribution < -0.4 is 5.32 Å². The number of likely N-dealkylation sites (tertiary alicyclic amines) is 1. The molecular formula is C17H22F3N3O2. The fourth-order valence-corrected chi connectivity index (χ4v) is 2.90. The minimum absolute atomic E-state index is 0.0146. The number of halogens is 3. The summed E-state index contributed by atoms with van der Waals surface area (Å²) in [6.07, 6.45) is -2.90. The molecule has 25 heavy (non-hydrogen) atoms. The zero-order chi connectivity index (χ0) is 18.6.